The molecular formula is C19H16FN5O. The molecule has 0 aliphatic carbocycles. The van der Waals surface area contributed by atoms with E-state index in [0.29, 0.717) is 23.1 Å². The molecule has 0 bridgehead atoms. The number of halogens is 1. The summed E-state index contributed by atoms with van der Waals surface area (Å²) < 4.78 is 20.6. The van der Waals surface area contributed by atoms with E-state index in [-0.39, 0.29) is 5.82 Å². The van der Waals surface area contributed by atoms with E-state index in [9.17, 15) is 4.39 Å². The van der Waals surface area contributed by atoms with Gasteiger partial charge in [-0.3, -0.25) is 4.98 Å². The zero-order valence-corrected chi connectivity index (χ0v) is 14.1. The van der Waals surface area contributed by atoms with Crippen molar-refractivity contribution < 1.29 is 9.13 Å². The molecular weight excluding hydrogens is 333 g/mol. The van der Waals surface area contributed by atoms with Gasteiger partial charge >= 0.3 is 0 Å². The highest BCUT2D eigenvalue weighted by Gasteiger charge is 2.11. The average molecular weight is 349 g/mol. The third-order valence-electron chi connectivity index (χ3n) is 3.87. The predicted molar refractivity (Wildman–Crippen MR) is 94.5 cm³/mol. The van der Waals surface area contributed by atoms with Crippen LogP contribution in [0.25, 0.3) is 17.0 Å². The molecule has 3 heterocycles. The molecule has 0 aliphatic heterocycles. The van der Waals surface area contributed by atoms with Gasteiger partial charge in [-0.05, 0) is 48.4 Å². The van der Waals surface area contributed by atoms with Crippen LogP contribution in [-0.2, 0) is 6.42 Å². The van der Waals surface area contributed by atoms with E-state index >= 15 is 0 Å². The van der Waals surface area contributed by atoms with Crippen LogP contribution >= 0.6 is 0 Å². The van der Waals surface area contributed by atoms with Gasteiger partial charge in [-0.15, -0.1) is 15.3 Å². The molecule has 26 heavy (non-hydrogen) atoms. The van der Waals surface area contributed by atoms with Crippen LogP contribution in [0, 0.1) is 5.82 Å². The van der Waals surface area contributed by atoms with E-state index in [2.05, 4.69) is 27.2 Å². The lowest BCUT2D eigenvalue weighted by Crippen LogP contribution is -1.98. The third kappa shape index (κ3) is 3.23. The molecule has 1 aromatic carbocycles. The first-order valence-corrected chi connectivity index (χ1v) is 8.33. The maximum Gasteiger partial charge on any atom is 0.237 e. The Morgan fingerprint density at radius 1 is 1.04 bits per heavy atom. The molecule has 0 saturated heterocycles. The van der Waals surface area contributed by atoms with E-state index in [0.717, 1.165) is 24.0 Å². The monoisotopic (exact) mass is 349 g/mol. The summed E-state index contributed by atoms with van der Waals surface area (Å²) >= 11 is 0. The highest BCUT2D eigenvalue weighted by atomic mass is 19.1. The molecule has 6 nitrogen and oxygen atoms in total. The van der Waals surface area contributed by atoms with Crippen LogP contribution in [0.1, 0.15) is 18.9 Å². The zero-order chi connectivity index (χ0) is 17.9. The van der Waals surface area contributed by atoms with Gasteiger partial charge in [0.15, 0.2) is 11.5 Å². The van der Waals surface area contributed by atoms with Gasteiger partial charge in [0.1, 0.15) is 11.6 Å². The van der Waals surface area contributed by atoms with Crippen molar-refractivity contribution in [2.45, 2.75) is 19.8 Å². The van der Waals surface area contributed by atoms with Crippen molar-refractivity contribution in [3.8, 4) is 23.0 Å². The van der Waals surface area contributed by atoms with Crippen LogP contribution < -0.4 is 4.74 Å². The smallest absolute Gasteiger partial charge is 0.237 e. The molecule has 0 amide bonds. The largest absolute Gasteiger partial charge is 0.436 e. The minimum absolute atomic E-state index is 0.306. The summed E-state index contributed by atoms with van der Waals surface area (Å²) in [5.41, 5.74) is 2.41. The summed E-state index contributed by atoms with van der Waals surface area (Å²) in [4.78, 5) is 4.21. The number of hydrogen-bond donors (Lipinski definition) is 0. The van der Waals surface area contributed by atoms with Gasteiger partial charge in [0.05, 0.1) is 6.20 Å². The standard InChI is InChI=1S/C19H16FN5O/c1-2-3-13-10-16(12-21-11-13)26-18-9-8-17-22-23-19(25(17)24-18)14-4-6-15(20)7-5-14/h4-12H,2-3H2,1H3. The molecule has 0 saturated carbocycles. The minimum atomic E-state index is -0.306. The maximum absolute atomic E-state index is 13.2. The second-order valence-electron chi connectivity index (χ2n) is 5.85. The van der Waals surface area contributed by atoms with Crippen molar-refractivity contribution in [2.75, 3.05) is 0 Å². The Bertz CT molecular complexity index is 1050. The number of benzene rings is 1. The quantitative estimate of drug-likeness (QED) is 0.543. The summed E-state index contributed by atoms with van der Waals surface area (Å²) in [6.45, 7) is 2.12. The molecule has 0 N–H and O–H groups in total. The first kappa shape index (κ1) is 16.1. The molecule has 0 aliphatic rings. The van der Waals surface area contributed by atoms with Crippen LogP contribution in [-0.4, -0.2) is 24.8 Å². The number of aromatic nitrogens is 5. The fourth-order valence-corrected chi connectivity index (χ4v) is 2.67. The molecule has 7 heteroatoms. The second kappa shape index (κ2) is 6.87. The Balaban J connectivity index is 1.68. The van der Waals surface area contributed by atoms with Gasteiger partial charge in [0.25, 0.3) is 0 Å². The molecule has 3 aromatic heterocycles. The van der Waals surface area contributed by atoms with Crippen molar-refractivity contribution in [3.63, 3.8) is 0 Å². The van der Waals surface area contributed by atoms with Gasteiger partial charge in [-0.2, -0.15) is 4.52 Å². The summed E-state index contributed by atoms with van der Waals surface area (Å²) in [6, 6.07) is 11.5. The number of nitrogens with zero attached hydrogens (tertiary/aromatic N) is 5. The molecule has 0 atom stereocenters. The normalized spacial score (nSPS) is 11.0. The van der Waals surface area contributed by atoms with Crippen LogP contribution in [0.5, 0.6) is 11.6 Å². The van der Waals surface area contributed by atoms with Crippen LogP contribution in [0.15, 0.2) is 54.9 Å². The van der Waals surface area contributed by atoms with E-state index in [1.165, 1.54) is 12.1 Å². The molecule has 0 spiro atoms. The Morgan fingerprint density at radius 3 is 2.69 bits per heavy atom. The lowest BCUT2D eigenvalue weighted by molar-refractivity contribution is 0.450. The second-order valence-corrected chi connectivity index (χ2v) is 5.85. The minimum Gasteiger partial charge on any atom is -0.436 e. The molecule has 130 valence electrons. The van der Waals surface area contributed by atoms with Gasteiger partial charge in [-0.1, -0.05) is 13.3 Å². The first-order valence-electron chi connectivity index (χ1n) is 8.33. The van der Waals surface area contributed by atoms with Crippen molar-refractivity contribution in [1.29, 1.82) is 0 Å². The lowest BCUT2D eigenvalue weighted by Gasteiger charge is -2.07. The Hall–Kier alpha value is -3.35. The van der Waals surface area contributed by atoms with Crippen LogP contribution in [0.3, 0.4) is 0 Å². The number of pyridine rings is 1. The summed E-state index contributed by atoms with van der Waals surface area (Å²) in [6.07, 6.45) is 5.46. The topological polar surface area (TPSA) is 65.2 Å². The van der Waals surface area contributed by atoms with Crippen molar-refractivity contribution in [2.24, 2.45) is 0 Å². The maximum atomic E-state index is 13.2. The number of rotatable bonds is 5. The van der Waals surface area contributed by atoms with Crippen molar-refractivity contribution in [3.05, 3.63) is 66.2 Å². The number of aryl methyl sites for hydroxylation is 1. The fourth-order valence-electron chi connectivity index (χ4n) is 2.67. The Kier molecular flexibility index (Phi) is 4.27. The van der Waals surface area contributed by atoms with Gasteiger partial charge in [0, 0.05) is 17.8 Å². The zero-order valence-electron chi connectivity index (χ0n) is 14.1. The Labute approximate surface area is 149 Å². The van der Waals surface area contributed by atoms with Gasteiger partial charge < -0.3 is 4.74 Å². The summed E-state index contributed by atoms with van der Waals surface area (Å²) in [5.74, 6) is 1.23. The van der Waals surface area contributed by atoms with E-state index in [1.54, 1.807) is 35.0 Å². The lowest BCUT2D eigenvalue weighted by atomic mass is 10.2. The molecule has 0 radical (unpaired) electrons. The number of fused-ring (bicyclic) bond motifs is 1. The third-order valence-corrected chi connectivity index (χ3v) is 3.87. The number of hydrogen-bond acceptors (Lipinski definition) is 5. The van der Waals surface area contributed by atoms with E-state index in [1.807, 2.05) is 12.3 Å². The highest BCUT2D eigenvalue weighted by molar-refractivity contribution is 5.58. The van der Waals surface area contributed by atoms with E-state index in [4.69, 9.17) is 4.74 Å². The average Bonchev–Trinajstić information content (AvgIpc) is 3.06. The first-order chi connectivity index (χ1) is 12.7. The summed E-state index contributed by atoms with van der Waals surface area (Å²) in [7, 11) is 0. The van der Waals surface area contributed by atoms with E-state index < -0.39 is 0 Å². The van der Waals surface area contributed by atoms with Gasteiger partial charge in [0.2, 0.25) is 5.88 Å². The van der Waals surface area contributed by atoms with Gasteiger partial charge in [-0.25, -0.2) is 4.39 Å². The fraction of sp³-hybridized carbons (Fsp3) is 0.158. The SMILES string of the molecule is CCCc1cncc(Oc2ccc3nnc(-c4ccc(F)cc4)n3n2)c1. The van der Waals surface area contributed by atoms with Crippen LogP contribution in [0.4, 0.5) is 4.39 Å². The molecule has 0 unspecified atom stereocenters. The highest BCUT2D eigenvalue weighted by Crippen LogP contribution is 2.23. The van der Waals surface area contributed by atoms with Crippen molar-refractivity contribution in [1.82, 2.24) is 24.8 Å². The number of ether oxygens (including phenoxy) is 1. The molecule has 0 fully saturated rings. The summed E-state index contributed by atoms with van der Waals surface area (Å²) in [5, 5.41) is 12.7. The molecule has 4 rings (SSSR count). The molecule has 4 aromatic rings. The van der Waals surface area contributed by atoms with Crippen LogP contribution in [0.2, 0.25) is 0 Å². The Morgan fingerprint density at radius 2 is 1.88 bits per heavy atom. The van der Waals surface area contributed by atoms with Crippen molar-refractivity contribution >= 4 is 5.65 Å². The predicted octanol–water partition coefficient (Wildman–Crippen LogP) is 4.07.